The van der Waals surface area contributed by atoms with Crippen molar-refractivity contribution in [2.75, 3.05) is 5.32 Å². The third kappa shape index (κ3) is 5.36. The van der Waals surface area contributed by atoms with E-state index in [1.165, 1.54) is 29.6 Å². The Kier molecular flexibility index (Phi) is 6.17. The van der Waals surface area contributed by atoms with Crippen LogP contribution in [-0.2, 0) is 11.2 Å². The van der Waals surface area contributed by atoms with Crippen LogP contribution in [0.3, 0.4) is 0 Å². The number of hydrogen-bond donors (Lipinski definition) is 1. The predicted molar refractivity (Wildman–Crippen MR) is 87.7 cm³/mol. The van der Waals surface area contributed by atoms with Crippen molar-refractivity contribution in [3.05, 3.63) is 39.3 Å². The summed E-state index contributed by atoms with van der Waals surface area (Å²) < 4.78 is 29.8. The Balaban J connectivity index is 2.09. The zero-order chi connectivity index (χ0) is 16.8. The summed E-state index contributed by atoms with van der Waals surface area (Å²) in [5.74, 6) is -0.455. The van der Waals surface area contributed by atoms with E-state index in [-0.39, 0.29) is 5.75 Å². The highest BCUT2D eigenvalue weighted by Gasteiger charge is 2.09. The molecule has 0 fully saturated rings. The summed E-state index contributed by atoms with van der Waals surface area (Å²) >= 11 is 4.52. The van der Waals surface area contributed by atoms with Gasteiger partial charge in [0.25, 0.3) is 0 Å². The Morgan fingerprint density at radius 3 is 2.91 bits per heavy atom. The molecular formula is C14H12BrF2N3O2S. The van der Waals surface area contributed by atoms with E-state index in [4.69, 9.17) is 0 Å². The highest BCUT2D eigenvalue weighted by molar-refractivity contribution is 9.10. The molecule has 0 aliphatic carbocycles. The minimum absolute atomic E-state index is 0.0172. The van der Waals surface area contributed by atoms with Gasteiger partial charge in [0.05, 0.1) is 0 Å². The van der Waals surface area contributed by atoms with Crippen molar-refractivity contribution in [1.82, 2.24) is 10.2 Å². The number of alkyl halides is 2. The maximum absolute atomic E-state index is 12.4. The van der Waals surface area contributed by atoms with Crippen LogP contribution >= 0.6 is 27.3 Å². The van der Waals surface area contributed by atoms with Crippen LogP contribution in [0.1, 0.15) is 17.5 Å². The summed E-state index contributed by atoms with van der Waals surface area (Å²) in [7, 11) is 0. The number of aromatic nitrogens is 2. The van der Waals surface area contributed by atoms with E-state index < -0.39 is 12.5 Å². The molecule has 2 aromatic rings. The standard InChI is InChI=1S/C14H12BrF2N3O2S/c1-2-12-19-20-14(23-12)18-11(21)6-3-8-7-9(15)4-5-10(8)22-13(16)17/h3-7,13H,2H2,1H3,(H,18,20,21). The first-order valence-electron chi connectivity index (χ1n) is 6.53. The number of carbonyl (C=O) groups excluding carboxylic acids is 1. The molecule has 1 aromatic heterocycles. The zero-order valence-corrected chi connectivity index (χ0v) is 14.3. The van der Waals surface area contributed by atoms with E-state index in [1.807, 2.05) is 6.92 Å². The largest absolute Gasteiger partial charge is 0.434 e. The van der Waals surface area contributed by atoms with Crippen molar-refractivity contribution in [3.63, 3.8) is 0 Å². The van der Waals surface area contributed by atoms with Crippen LogP contribution in [0, 0.1) is 0 Å². The summed E-state index contributed by atoms with van der Waals surface area (Å²) in [6.45, 7) is -1.00. The highest BCUT2D eigenvalue weighted by Crippen LogP contribution is 2.26. The van der Waals surface area contributed by atoms with Crippen molar-refractivity contribution in [1.29, 1.82) is 0 Å². The van der Waals surface area contributed by atoms with Gasteiger partial charge in [-0.3, -0.25) is 10.1 Å². The fraction of sp³-hybridized carbons (Fsp3) is 0.214. The summed E-state index contributed by atoms with van der Waals surface area (Å²) in [5.41, 5.74) is 0.348. The van der Waals surface area contributed by atoms with Crippen molar-refractivity contribution in [3.8, 4) is 5.75 Å². The monoisotopic (exact) mass is 403 g/mol. The van der Waals surface area contributed by atoms with Crippen LogP contribution in [0.15, 0.2) is 28.7 Å². The number of nitrogens with zero attached hydrogens (tertiary/aromatic N) is 2. The molecule has 0 radical (unpaired) electrons. The second-order valence-corrected chi connectivity index (χ2v) is 6.22. The van der Waals surface area contributed by atoms with Gasteiger partial charge in [0.15, 0.2) is 0 Å². The molecule has 1 aromatic carbocycles. The summed E-state index contributed by atoms with van der Waals surface area (Å²) in [5, 5.41) is 11.5. The van der Waals surface area contributed by atoms with Gasteiger partial charge in [-0.1, -0.05) is 34.2 Å². The number of amides is 1. The lowest BCUT2D eigenvalue weighted by Crippen LogP contribution is -2.07. The van der Waals surface area contributed by atoms with Crippen LogP contribution in [0.25, 0.3) is 6.08 Å². The van der Waals surface area contributed by atoms with E-state index in [2.05, 4.69) is 36.2 Å². The molecule has 0 saturated heterocycles. The molecule has 0 aliphatic heterocycles. The molecule has 1 N–H and O–H groups in total. The Hall–Kier alpha value is -1.87. The van der Waals surface area contributed by atoms with Gasteiger partial charge in [-0.2, -0.15) is 8.78 Å². The number of aryl methyl sites for hydroxylation is 1. The fourth-order valence-corrected chi connectivity index (χ4v) is 2.67. The molecular weight excluding hydrogens is 392 g/mol. The van der Waals surface area contributed by atoms with Gasteiger partial charge >= 0.3 is 6.61 Å². The molecule has 1 heterocycles. The summed E-state index contributed by atoms with van der Waals surface area (Å²) in [4.78, 5) is 11.8. The molecule has 0 atom stereocenters. The lowest BCUT2D eigenvalue weighted by molar-refractivity contribution is -0.111. The molecule has 9 heteroatoms. The number of hydrogen-bond acceptors (Lipinski definition) is 5. The fourth-order valence-electron chi connectivity index (χ4n) is 1.61. The molecule has 0 spiro atoms. The number of rotatable bonds is 6. The average molecular weight is 404 g/mol. The van der Waals surface area contributed by atoms with Crippen LogP contribution in [-0.4, -0.2) is 22.7 Å². The van der Waals surface area contributed by atoms with Crippen molar-refractivity contribution < 1.29 is 18.3 Å². The number of anilines is 1. The highest BCUT2D eigenvalue weighted by atomic mass is 79.9. The van der Waals surface area contributed by atoms with Gasteiger partial charge in [-0.25, -0.2) is 0 Å². The summed E-state index contributed by atoms with van der Waals surface area (Å²) in [6.07, 6.45) is 3.34. The number of nitrogens with one attached hydrogen (secondary N) is 1. The van der Waals surface area contributed by atoms with Crippen LogP contribution in [0.2, 0.25) is 0 Å². The Bertz CT molecular complexity index is 722. The number of carbonyl (C=O) groups is 1. The lowest BCUT2D eigenvalue weighted by atomic mass is 10.2. The second kappa shape index (κ2) is 8.11. The maximum atomic E-state index is 12.4. The normalized spacial score (nSPS) is 11.2. The molecule has 122 valence electrons. The summed E-state index contributed by atoms with van der Waals surface area (Å²) in [6, 6.07) is 4.54. The zero-order valence-electron chi connectivity index (χ0n) is 11.9. The molecule has 2 rings (SSSR count). The lowest BCUT2D eigenvalue weighted by Gasteiger charge is -2.08. The topological polar surface area (TPSA) is 64.1 Å². The third-order valence-electron chi connectivity index (χ3n) is 2.60. The number of ether oxygens (including phenoxy) is 1. The van der Waals surface area contributed by atoms with E-state index in [1.54, 1.807) is 12.1 Å². The van der Waals surface area contributed by atoms with Crippen molar-refractivity contribution in [2.45, 2.75) is 20.0 Å². The minimum atomic E-state index is -2.94. The predicted octanol–water partition coefficient (Wildman–Crippen LogP) is 4.12. The molecule has 23 heavy (non-hydrogen) atoms. The van der Waals surface area contributed by atoms with E-state index in [9.17, 15) is 13.6 Å². The SMILES string of the molecule is CCc1nnc(NC(=O)C=Cc2cc(Br)ccc2OC(F)F)s1. The van der Waals surface area contributed by atoms with Crippen LogP contribution < -0.4 is 10.1 Å². The Morgan fingerprint density at radius 2 is 2.26 bits per heavy atom. The van der Waals surface area contributed by atoms with E-state index >= 15 is 0 Å². The molecule has 1 amide bonds. The van der Waals surface area contributed by atoms with Gasteiger partial charge in [0, 0.05) is 16.1 Å². The number of benzene rings is 1. The first-order chi connectivity index (χ1) is 11.0. The van der Waals surface area contributed by atoms with Gasteiger partial charge in [0.2, 0.25) is 11.0 Å². The average Bonchev–Trinajstić information content (AvgIpc) is 2.94. The minimum Gasteiger partial charge on any atom is -0.434 e. The van der Waals surface area contributed by atoms with Gasteiger partial charge in [0.1, 0.15) is 10.8 Å². The quantitative estimate of drug-likeness (QED) is 0.736. The number of halogens is 3. The second-order valence-electron chi connectivity index (χ2n) is 4.24. The molecule has 5 nitrogen and oxygen atoms in total. The van der Waals surface area contributed by atoms with E-state index in [0.29, 0.717) is 15.2 Å². The molecule has 0 unspecified atom stereocenters. The van der Waals surface area contributed by atoms with Gasteiger partial charge in [-0.15, -0.1) is 10.2 Å². The first-order valence-corrected chi connectivity index (χ1v) is 8.14. The van der Waals surface area contributed by atoms with Gasteiger partial charge < -0.3 is 4.74 Å². The molecule has 0 aliphatic rings. The van der Waals surface area contributed by atoms with E-state index in [0.717, 1.165) is 11.4 Å². The Morgan fingerprint density at radius 1 is 1.48 bits per heavy atom. The van der Waals surface area contributed by atoms with Crippen LogP contribution in [0.5, 0.6) is 5.75 Å². The Labute approximate surface area is 143 Å². The molecule has 0 bridgehead atoms. The van der Waals surface area contributed by atoms with Gasteiger partial charge in [-0.05, 0) is 30.7 Å². The first kappa shape index (κ1) is 17.5. The smallest absolute Gasteiger partial charge is 0.387 e. The third-order valence-corrected chi connectivity index (χ3v) is 4.08. The van der Waals surface area contributed by atoms with Crippen molar-refractivity contribution in [2.24, 2.45) is 0 Å². The molecule has 0 saturated carbocycles. The van der Waals surface area contributed by atoms with Crippen LogP contribution in [0.4, 0.5) is 13.9 Å². The van der Waals surface area contributed by atoms with Crippen molar-refractivity contribution >= 4 is 44.4 Å². The maximum Gasteiger partial charge on any atom is 0.387 e.